The third kappa shape index (κ3) is 4.24. The van der Waals surface area contributed by atoms with Crippen molar-refractivity contribution in [3.63, 3.8) is 0 Å². The van der Waals surface area contributed by atoms with E-state index < -0.39 is 0 Å². The lowest BCUT2D eigenvalue weighted by Gasteiger charge is -2.14. The molecule has 0 aromatic rings. The zero-order chi connectivity index (χ0) is 9.68. The van der Waals surface area contributed by atoms with E-state index >= 15 is 0 Å². The quantitative estimate of drug-likeness (QED) is 0.487. The molecule has 1 unspecified atom stereocenters. The molecule has 0 saturated heterocycles. The molecular weight excluding hydrogens is 170 g/mol. The van der Waals surface area contributed by atoms with Gasteiger partial charge in [0.1, 0.15) is 6.23 Å². The van der Waals surface area contributed by atoms with Gasteiger partial charge in [0.05, 0.1) is 13.2 Å². The zero-order valence-electron chi connectivity index (χ0n) is 8.21. The molecule has 76 valence electrons. The van der Waals surface area contributed by atoms with Crippen molar-refractivity contribution in [3.05, 3.63) is 0 Å². The molecule has 0 spiro atoms. The van der Waals surface area contributed by atoms with E-state index in [0.717, 1.165) is 12.8 Å². The molecule has 1 amide bonds. The van der Waals surface area contributed by atoms with Gasteiger partial charge < -0.3 is 14.8 Å². The number of carbonyl (C=O) groups excluding carboxylic acids is 1. The first-order valence-electron chi connectivity index (χ1n) is 4.65. The van der Waals surface area contributed by atoms with Crippen LogP contribution in [0.5, 0.6) is 0 Å². The minimum absolute atomic E-state index is 0.116. The lowest BCUT2D eigenvalue weighted by molar-refractivity contribution is -0.126. The van der Waals surface area contributed by atoms with Crippen LogP contribution in [0.1, 0.15) is 19.8 Å². The fraction of sp³-hybridized carbons (Fsp3) is 0.889. The number of ether oxygens (including phenoxy) is 2. The average molecular weight is 187 g/mol. The first-order valence-corrected chi connectivity index (χ1v) is 4.65. The van der Waals surface area contributed by atoms with Crippen LogP contribution in [0, 0.1) is 5.92 Å². The van der Waals surface area contributed by atoms with Crippen molar-refractivity contribution in [2.75, 3.05) is 20.3 Å². The van der Waals surface area contributed by atoms with Gasteiger partial charge in [-0.1, -0.05) is 0 Å². The summed E-state index contributed by atoms with van der Waals surface area (Å²) < 4.78 is 10.1. The molecule has 0 radical (unpaired) electrons. The molecule has 0 aromatic heterocycles. The molecule has 13 heavy (non-hydrogen) atoms. The molecule has 1 aliphatic rings. The predicted molar refractivity (Wildman–Crippen MR) is 48.2 cm³/mol. The Morgan fingerprint density at radius 3 is 2.77 bits per heavy atom. The molecule has 4 nitrogen and oxygen atoms in total. The van der Waals surface area contributed by atoms with Gasteiger partial charge in [0.25, 0.3) is 0 Å². The summed E-state index contributed by atoms with van der Waals surface area (Å²) in [6, 6.07) is 0. The van der Waals surface area contributed by atoms with Crippen LogP contribution in [0.3, 0.4) is 0 Å². The maximum atomic E-state index is 11.2. The molecule has 1 rings (SSSR count). The van der Waals surface area contributed by atoms with Gasteiger partial charge in [0.15, 0.2) is 0 Å². The van der Waals surface area contributed by atoms with Gasteiger partial charge in [0, 0.05) is 13.0 Å². The van der Waals surface area contributed by atoms with E-state index in [2.05, 4.69) is 5.32 Å². The van der Waals surface area contributed by atoms with Crippen molar-refractivity contribution in [2.24, 2.45) is 5.92 Å². The van der Waals surface area contributed by atoms with Crippen LogP contribution in [0.25, 0.3) is 0 Å². The van der Waals surface area contributed by atoms with E-state index in [0.29, 0.717) is 13.2 Å². The van der Waals surface area contributed by atoms with Crippen LogP contribution in [-0.4, -0.2) is 32.5 Å². The Hall–Kier alpha value is -0.610. The highest BCUT2D eigenvalue weighted by Gasteiger charge is 2.30. The van der Waals surface area contributed by atoms with Gasteiger partial charge in [-0.25, -0.2) is 0 Å². The first kappa shape index (κ1) is 10.5. The van der Waals surface area contributed by atoms with E-state index in [9.17, 15) is 4.79 Å². The normalized spacial score (nSPS) is 18.3. The van der Waals surface area contributed by atoms with Crippen LogP contribution in [0.4, 0.5) is 0 Å². The van der Waals surface area contributed by atoms with Crippen LogP contribution >= 0.6 is 0 Å². The van der Waals surface area contributed by atoms with Gasteiger partial charge in [-0.2, -0.15) is 0 Å². The summed E-state index contributed by atoms with van der Waals surface area (Å²) in [5.41, 5.74) is 0. The lowest BCUT2D eigenvalue weighted by Crippen LogP contribution is -2.36. The molecule has 1 fully saturated rings. The Morgan fingerprint density at radius 1 is 1.54 bits per heavy atom. The van der Waals surface area contributed by atoms with Crippen molar-refractivity contribution in [3.8, 4) is 0 Å². The fourth-order valence-electron chi connectivity index (χ4n) is 1.01. The monoisotopic (exact) mass is 187 g/mol. The first-order chi connectivity index (χ1) is 6.24. The van der Waals surface area contributed by atoms with E-state index in [1.807, 2.05) is 6.92 Å². The van der Waals surface area contributed by atoms with Crippen LogP contribution < -0.4 is 5.32 Å². The molecular formula is C9H17NO3. The Kier molecular flexibility index (Phi) is 4.18. The van der Waals surface area contributed by atoms with Crippen molar-refractivity contribution < 1.29 is 14.3 Å². The van der Waals surface area contributed by atoms with E-state index in [4.69, 9.17) is 9.47 Å². The van der Waals surface area contributed by atoms with Crippen molar-refractivity contribution >= 4 is 5.91 Å². The van der Waals surface area contributed by atoms with E-state index in [-0.39, 0.29) is 18.1 Å². The molecule has 0 bridgehead atoms. The number of rotatable bonds is 6. The van der Waals surface area contributed by atoms with Gasteiger partial charge in [-0.15, -0.1) is 0 Å². The number of amides is 1. The Bertz CT molecular complexity index is 168. The SMILES string of the molecule is COCCOC(C)NC(=O)C1CC1. The highest BCUT2D eigenvalue weighted by Crippen LogP contribution is 2.28. The Balaban J connectivity index is 2.02. The molecule has 0 aliphatic heterocycles. The van der Waals surface area contributed by atoms with E-state index in [1.165, 1.54) is 0 Å². The maximum Gasteiger partial charge on any atom is 0.225 e. The largest absolute Gasteiger partial charge is 0.382 e. The molecule has 0 aromatic carbocycles. The summed E-state index contributed by atoms with van der Waals surface area (Å²) in [4.78, 5) is 11.2. The second kappa shape index (κ2) is 5.19. The van der Waals surface area contributed by atoms with Gasteiger partial charge in [-0.05, 0) is 19.8 Å². The molecule has 1 N–H and O–H groups in total. The third-order valence-electron chi connectivity index (χ3n) is 1.95. The predicted octanol–water partition coefficient (Wildman–Crippen LogP) is 0.522. The number of nitrogens with one attached hydrogen (secondary N) is 1. The van der Waals surface area contributed by atoms with Gasteiger partial charge in [-0.3, -0.25) is 4.79 Å². The third-order valence-corrected chi connectivity index (χ3v) is 1.95. The average Bonchev–Trinajstić information content (AvgIpc) is 2.86. The highest BCUT2D eigenvalue weighted by molar-refractivity contribution is 5.80. The minimum Gasteiger partial charge on any atom is -0.382 e. The van der Waals surface area contributed by atoms with E-state index in [1.54, 1.807) is 7.11 Å². The smallest absolute Gasteiger partial charge is 0.225 e. The molecule has 0 heterocycles. The van der Waals surface area contributed by atoms with Gasteiger partial charge >= 0.3 is 0 Å². The minimum atomic E-state index is -0.205. The molecule has 1 aliphatic carbocycles. The highest BCUT2D eigenvalue weighted by atomic mass is 16.5. The molecule has 1 saturated carbocycles. The second-order valence-corrected chi connectivity index (χ2v) is 3.29. The van der Waals surface area contributed by atoms with Crippen LogP contribution in [0.2, 0.25) is 0 Å². The van der Waals surface area contributed by atoms with Crippen molar-refractivity contribution in [1.82, 2.24) is 5.32 Å². The fourth-order valence-corrected chi connectivity index (χ4v) is 1.01. The summed E-state index contributed by atoms with van der Waals surface area (Å²) in [7, 11) is 1.62. The Morgan fingerprint density at radius 2 is 2.23 bits per heavy atom. The lowest BCUT2D eigenvalue weighted by atomic mass is 10.4. The number of carbonyl (C=O) groups is 1. The van der Waals surface area contributed by atoms with Crippen molar-refractivity contribution in [2.45, 2.75) is 26.0 Å². The summed E-state index contributed by atoms with van der Waals surface area (Å²) in [5.74, 6) is 0.360. The second-order valence-electron chi connectivity index (χ2n) is 3.29. The summed E-state index contributed by atoms with van der Waals surface area (Å²) in [6.07, 6.45) is 1.84. The van der Waals surface area contributed by atoms with Crippen LogP contribution in [-0.2, 0) is 14.3 Å². The van der Waals surface area contributed by atoms with Crippen LogP contribution in [0.15, 0.2) is 0 Å². The number of hydrogen-bond acceptors (Lipinski definition) is 3. The summed E-state index contributed by atoms with van der Waals surface area (Å²) >= 11 is 0. The summed E-state index contributed by atoms with van der Waals surface area (Å²) in [5, 5.41) is 2.78. The maximum absolute atomic E-state index is 11.2. The topological polar surface area (TPSA) is 47.6 Å². The van der Waals surface area contributed by atoms with Crippen molar-refractivity contribution in [1.29, 1.82) is 0 Å². The number of hydrogen-bond donors (Lipinski definition) is 1. The standard InChI is InChI=1S/C9H17NO3/c1-7(13-6-5-12-2)10-9(11)8-3-4-8/h7-8H,3-6H2,1-2H3,(H,10,11). The summed E-state index contributed by atoms with van der Waals surface area (Å²) in [6.45, 7) is 2.90. The van der Waals surface area contributed by atoms with Gasteiger partial charge in [0.2, 0.25) is 5.91 Å². The number of methoxy groups -OCH3 is 1. The Labute approximate surface area is 78.6 Å². The molecule has 1 atom stereocenters. The molecule has 4 heteroatoms. The zero-order valence-corrected chi connectivity index (χ0v) is 8.21.